The van der Waals surface area contributed by atoms with Crippen LogP contribution in [0.4, 0.5) is 0 Å². The van der Waals surface area contributed by atoms with E-state index in [0.29, 0.717) is 6.54 Å². The van der Waals surface area contributed by atoms with Gasteiger partial charge in [-0.25, -0.2) is 0 Å². The van der Waals surface area contributed by atoms with Crippen LogP contribution in [0.2, 0.25) is 0 Å². The van der Waals surface area contributed by atoms with Crippen LogP contribution >= 0.6 is 0 Å². The van der Waals surface area contributed by atoms with E-state index < -0.39 is 0 Å². The van der Waals surface area contributed by atoms with E-state index in [-0.39, 0.29) is 11.9 Å². The molecule has 0 aliphatic rings. The lowest BCUT2D eigenvalue weighted by molar-refractivity contribution is 0.175. The van der Waals surface area contributed by atoms with Gasteiger partial charge in [-0.05, 0) is 25.1 Å². The van der Waals surface area contributed by atoms with Crippen molar-refractivity contribution in [3.63, 3.8) is 0 Å². The Morgan fingerprint density at radius 1 is 1.36 bits per heavy atom. The van der Waals surface area contributed by atoms with Crippen molar-refractivity contribution >= 4 is 10.9 Å². The zero-order chi connectivity index (χ0) is 10.1. The number of phenols is 1. The van der Waals surface area contributed by atoms with Crippen molar-refractivity contribution in [3.05, 3.63) is 30.5 Å². The second kappa shape index (κ2) is 3.35. The lowest BCUT2D eigenvalue weighted by atomic mass is 10.2. The minimum absolute atomic E-state index is 0.284. The maximum atomic E-state index is 9.54. The average molecular weight is 191 g/mol. The van der Waals surface area contributed by atoms with Crippen molar-refractivity contribution < 1.29 is 10.2 Å². The largest absolute Gasteiger partial charge is 0.507 e. The predicted molar refractivity (Wildman–Crippen MR) is 55.3 cm³/mol. The van der Waals surface area contributed by atoms with E-state index in [1.165, 1.54) is 0 Å². The molecule has 3 nitrogen and oxygen atoms in total. The summed E-state index contributed by atoms with van der Waals surface area (Å²) in [6.45, 7) is 2.29. The highest BCUT2D eigenvalue weighted by Crippen LogP contribution is 2.25. The Labute approximate surface area is 82.2 Å². The number of rotatable bonds is 2. The first-order valence-corrected chi connectivity index (χ1v) is 4.63. The normalized spacial score (nSPS) is 13.3. The molecule has 0 spiro atoms. The molecule has 0 aliphatic carbocycles. The molecular weight excluding hydrogens is 178 g/mol. The van der Waals surface area contributed by atoms with Gasteiger partial charge >= 0.3 is 0 Å². The van der Waals surface area contributed by atoms with E-state index in [1.807, 2.05) is 22.9 Å². The molecule has 14 heavy (non-hydrogen) atoms. The van der Waals surface area contributed by atoms with Crippen LogP contribution in [0, 0.1) is 0 Å². The van der Waals surface area contributed by atoms with Gasteiger partial charge in [0.1, 0.15) is 5.75 Å². The van der Waals surface area contributed by atoms with E-state index in [4.69, 9.17) is 0 Å². The maximum Gasteiger partial charge on any atom is 0.124 e. The molecule has 1 aromatic carbocycles. The molecule has 74 valence electrons. The summed E-state index contributed by atoms with van der Waals surface area (Å²) in [6, 6.07) is 7.25. The summed E-state index contributed by atoms with van der Waals surface area (Å²) < 4.78 is 1.93. The molecule has 1 heterocycles. The number of hydrogen-bond donors (Lipinski definition) is 2. The van der Waals surface area contributed by atoms with E-state index in [9.17, 15) is 10.2 Å². The van der Waals surface area contributed by atoms with Gasteiger partial charge in [0.25, 0.3) is 0 Å². The van der Waals surface area contributed by atoms with Gasteiger partial charge in [0, 0.05) is 18.1 Å². The van der Waals surface area contributed by atoms with Crippen molar-refractivity contribution in [2.75, 3.05) is 0 Å². The van der Waals surface area contributed by atoms with Gasteiger partial charge in [-0.15, -0.1) is 0 Å². The summed E-state index contributed by atoms with van der Waals surface area (Å²) in [5.74, 6) is 0.284. The first-order chi connectivity index (χ1) is 6.68. The minimum atomic E-state index is -0.382. The third-order valence-electron chi connectivity index (χ3n) is 2.25. The van der Waals surface area contributed by atoms with E-state index in [2.05, 4.69) is 0 Å². The monoisotopic (exact) mass is 191 g/mol. The number of hydrogen-bond acceptors (Lipinski definition) is 2. The summed E-state index contributed by atoms with van der Waals surface area (Å²) in [4.78, 5) is 0. The maximum absolute atomic E-state index is 9.54. The van der Waals surface area contributed by atoms with Crippen LogP contribution in [0.15, 0.2) is 30.5 Å². The van der Waals surface area contributed by atoms with Crippen LogP contribution in [0.5, 0.6) is 5.75 Å². The number of nitrogens with zero attached hydrogens (tertiary/aromatic N) is 1. The fourth-order valence-electron chi connectivity index (χ4n) is 1.65. The van der Waals surface area contributed by atoms with Gasteiger partial charge in [-0.3, -0.25) is 0 Å². The third-order valence-corrected chi connectivity index (χ3v) is 2.25. The van der Waals surface area contributed by atoms with Gasteiger partial charge in [0.2, 0.25) is 0 Å². The fourth-order valence-corrected chi connectivity index (χ4v) is 1.65. The molecule has 2 N–H and O–H groups in total. The summed E-state index contributed by atoms with van der Waals surface area (Å²) in [6.07, 6.45) is 1.49. The van der Waals surface area contributed by atoms with Gasteiger partial charge < -0.3 is 14.8 Å². The topological polar surface area (TPSA) is 45.4 Å². The Kier molecular flexibility index (Phi) is 2.17. The Balaban J connectivity index is 2.52. The van der Waals surface area contributed by atoms with Gasteiger partial charge in [-0.2, -0.15) is 0 Å². The number of benzene rings is 1. The quantitative estimate of drug-likeness (QED) is 0.759. The van der Waals surface area contributed by atoms with E-state index >= 15 is 0 Å². The predicted octanol–water partition coefficient (Wildman–Crippen LogP) is 1.73. The Morgan fingerprint density at radius 3 is 2.86 bits per heavy atom. The summed E-state index contributed by atoms with van der Waals surface area (Å²) in [5.41, 5.74) is 0.950. The van der Waals surface area contributed by atoms with Gasteiger partial charge in [0.05, 0.1) is 11.6 Å². The zero-order valence-corrected chi connectivity index (χ0v) is 8.01. The molecule has 2 rings (SSSR count). The molecule has 1 aromatic heterocycles. The molecule has 0 fully saturated rings. The molecule has 0 bridgehead atoms. The molecule has 2 aromatic rings. The highest BCUT2D eigenvalue weighted by Gasteiger charge is 2.05. The van der Waals surface area contributed by atoms with Crippen LogP contribution in [0.1, 0.15) is 6.92 Å². The smallest absolute Gasteiger partial charge is 0.124 e. The second-order valence-electron chi connectivity index (χ2n) is 3.53. The van der Waals surface area contributed by atoms with Crippen molar-refractivity contribution in [1.29, 1.82) is 0 Å². The summed E-state index contributed by atoms with van der Waals surface area (Å²) >= 11 is 0. The Bertz CT molecular complexity index is 445. The van der Waals surface area contributed by atoms with E-state index in [0.717, 1.165) is 10.9 Å². The van der Waals surface area contributed by atoms with Crippen molar-refractivity contribution in [2.45, 2.75) is 19.6 Å². The number of aliphatic hydroxyl groups is 1. The molecule has 0 aliphatic heterocycles. The molecule has 3 heteroatoms. The minimum Gasteiger partial charge on any atom is -0.507 e. The van der Waals surface area contributed by atoms with Crippen LogP contribution < -0.4 is 0 Å². The number of aromatic hydroxyl groups is 1. The Morgan fingerprint density at radius 2 is 2.14 bits per heavy atom. The lowest BCUT2D eigenvalue weighted by Gasteiger charge is -2.07. The fraction of sp³-hybridized carbons (Fsp3) is 0.273. The number of phenolic OH excluding ortho intramolecular Hbond substituents is 1. The van der Waals surface area contributed by atoms with Crippen molar-refractivity contribution in [3.8, 4) is 5.75 Å². The third kappa shape index (κ3) is 1.46. The summed E-state index contributed by atoms with van der Waals surface area (Å²) in [7, 11) is 0. The van der Waals surface area contributed by atoms with Gasteiger partial charge in [0.15, 0.2) is 0 Å². The lowest BCUT2D eigenvalue weighted by Crippen LogP contribution is -2.10. The van der Waals surface area contributed by atoms with Gasteiger partial charge in [-0.1, -0.05) is 6.07 Å². The van der Waals surface area contributed by atoms with Crippen LogP contribution in [-0.2, 0) is 6.54 Å². The molecule has 1 atom stereocenters. The molecule has 0 saturated carbocycles. The summed E-state index contributed by atoms with van der Waals surface area (Å²) in [5, 5.41) is 19.6. The molecular formula is C11H13NO2. The number of aromatic nitrogens is 1. The Hall–Kier alpha value is -1.48. The van der Waals surface area contributed by atoms with Crippen molar-refractivity contribution in [2.24, 2.45) is 0 Å². The highest BCUT2D eigenvalue weighted by atomic mass is 16.3. The molecule has 0 amide bonds. The number of fused-ring (bicyclic) bond motifs is 1. The zero-order valence-electron chi connectivity index (χ0n) is 8.01. The van der Waals surface area contributed by atoms with Crippen molar-refractivity contribution in [1.82, 2.24) is 4.57 Å². The number of aliphatic hydroxyl groups excluding tert-OH is 1. The SMILES string of the molecule is CC(O)Cn1ccc2c(O)cccc21. The standard InChI is InChI=1S/C11H13NO2/c1-8(13)7-12-6-5-9-10(12)3-2-4-11(9)14/h2-6,8,13-14H,7H2,1H3. The first-order valence-electron chi connectivity index (χ1n) is 4.63. The average Bonchev–Trinajstić information content (AvgIpc) is 2.49. The molecule has 1 unspecified atom stereocenters. The highest BCUT2D eigenvalue weighted by molar-refractivity contribution is 5.86. The van der Waals surface area contributed by atoms with Crippen LogP contribution in [0.25, 0.3) is 10.9 Å². The van der Waals surface area contributed by atoms with E-state index in [1.54, 1.807) is 19.1 Å². The van der Waals surface area contributed by atoms with Crippen LogP contribution in [0.3, 0.4) is 0 Å². The molecule has 0 radical (unpaired) electrons. The second-order valence-corrected chi connectivity index (χ2v) is 3.53. The molecule has 0 saturated heterocycles. The van der Waals surface area contributed by atoms with Crippen LogP contribution in [-0.4, -0.2) is 20.9 Å². The first kappa shape index (κ1) is 9.09.